The quantitative estimate of drug-likeness (QED) is 0.337. The second-order valence-corrected chi connectivity index (χ2v) is 8.67. The number of benzene rings is 1. The van der Waals surface area contributed by atoms with Gasteiger partial charge in [0.1, 0.15) is 23.9 Å². The topological polar surface area (TPSA) is 80.1 Å². The van der Waals surface area contributed by atoms with Crippen LogP contribution in [-0.2, 0) is 18.5 Å². The molecule has 160 valence electrons. The number of carbonyl (C=O) groups excluding carboxylic acids is 1. The van der Waals surface area contributed by atoms with Crippen molar-refractivity contribution in [2.24, 2.45) is 5.92 Å². The summed E-state index contributed by atoms with van der Waals surface area (Å²) in [5.41, 5.74) is -0.00531. The Kier molecular flexibility index (Phi) is 7.79. The Morgan fingerprint density at radius 2 is 2.24 bits per heavy atom. The van der Waals surface area contributed by atoms with Gasteiger partial charge in [-0.05, 0) is 12.1 Å². The molecule has 2 heterocycles. The van der Waals surface area contributed by atoms with Crippen molar-refractivity contribution in [2.75, 3.05) is 40.0 Å². The van der Waals surface area contributed by atoms with Crippen molar-refractivity contribution >= 4 is 14.3 Å². The molecule has 1 amide bonds. The summed E-state index contributed by atoms with van der Waals surface area (Å²) in [4.78, 5) is 12.4. The molecule has 7 nitrogen and oxygen atoms in total. The molecule has 0 radical (unpaired) electrons. The van der Waals surface area contributed by atoms with Gasteiger partial charge in [-0.3, -0.25) is 4.79 Å². The van der Waals surface area contributed by atoms with Crippen LogP contribution in [0.15, 0.2) is 43.0 Å². The van der Waals surface area contributed by atoms with Gasteiger partial charge in [-0.15, -0.1) is 13.1 Å². The maximum atomic E-state index is 12.4. The SMILES string of the molecule is C=CC(C)C12COC(C(CNC(=O)c3ccccc3)O1)C2OP(C)OCC[N-]C. The molecule has 1 N–H and O–H groups in total. The molecule has 2 saturated heterocycles. The third-order valence-corrected chi connectivity index (χ3v) is 6.56. The summed E-state index contributed by atoms with van der Waals surface area (Å²) in [7, 11) is 0.663. The first-order chi connectivity index (χ1) is 14.0. The number of nitrogens with one attached hydrogen (secondary N) is 1. The molecule has 3 rings (SSSR count). The van der Waals surface area contributed by atoms with Crippen LogP contribution in [0.2, 0.25) is 0 Å². The van der Waals surface area contributed by atoms with Gasteiger partial charge in [-0.25, -0.2) is 0 Å². The maximum Gasteiger partial charge on any atom is 0.251 e. The van der Waals surface area contributed by atoms with E-state index in [0.29, 0.717) is 31.9 Å². The number of hydrogen-bond acceptors (Lipinski definition) is 5. The molecule has 2 aliphatic rings. The highest BCUT2D eigenvalue weighted by Crippen LogP contribution is 2.51. The molecule has 2 fully saturated rings. The van der Waals surface area contributed by atoms with Crippen LogP contribution in [0, 0.1) is 5.92 Å². The maximum absolute atomic E-state index is 12.4. The van der Waals surface area contributed by atoms with Crippen molar-refractivity contribution in [1.29, 1.82) is 0 Å². The summed E-state index contributed by atoms with van der Waals surface area (Å²) in [6.45, 7) is 9.86. The zero-order valence-electron chi connectivity index (χ0n) is 17.2. The lowest BCUT2D eigenvalue weighted by Crippen LogP contribution is -2.47. The van der Waals surface area contributed by atoms with Crippen LogP contribution >= 0.6 is 8.38 Å². The number of nitrogens with zero attached hydrogens (tertiary/aromatic N) is 1. The smallest absolute Gasteiger partial charge is 0.251 e. The Morgan fingerprint density at radius 3 is 2.93 bits per heavy atom. The van der Waals surface area contributed by atoms with Gasteiger partial charge in [0.15, 0.2) is 8.38 Å². The van der Waals surface area contributed by atoms with Gasteiger partial charge in [0.25, 0.3) is 5.91 Å². The van der Waals surface area contributed by atoms with Gasteiger partial charge >= 0.3 is 0 Å². The van der Waals surface area contributed by atoms with E-state index in [9.17, 15) is 4.79 Å². The van der Waals surface area contributed by atoms with Gasteiger partial charge in [0, 0.05) is 31.3 Å². The van der Waals surface area contributed by atoms with Crippen LogP contribution in [0.25, 0.3) is 5.32 Å². The third-order valence-electron chi connectivity index (χ3n) is 5.49. The summed E-state index contributed by atoms with van der Waals surface area (Å²) in [6, 6.07) is 9.12. The summed E-state index contributed by atoms with van der Waals surface area (Å²) in [5.74, 6) is -0.106. The van der Waals surface area contributed by atoms with Crippen molar-refractivity contribution in [3.8, 4) is 0 Å². The Bertz CT molecular complexity index is 691. The van der Waals surface area contributed by atoms with Crippen LogP contribution in [0.4, 0.5) is 0 Å². The average Bonchev–Trinajstić information content (AvgIpc) is 3.24. The monoisotopic (exact) mass is 421 g/mol. The van der Waals surface area contributed by atoms with Crippen molar-refractivity contribution in [1.82, 2.24) is 5.32 Å². The minimum atomic E-state index is -1.10. The molecule has 0 aromatic heterocycles. The van der Waals surface area contributed by atoms with E-state index in [1.54, 1.807) is 19.2 Å². The highest BCUT2D eigenvalue weighted by molar-refractivity contribution is 7.46. The van der Waals surface area contributed by atoms with Crippen LogP contribution < -0.4 is 5.32 Å². The van der Waals surface area contributed by atoms with Crippen LogP contribution in [0.1, 0.15) is 17.3 Å². The Balaban J connectivity index is 1.65. The number of likely N-dealkylation sites (N-methyl/N-ethyl adjacent to an activating group) is 1. The second-order valence-electron chi connectivity index (χ2n) is 7.33. The molecule has 2 aliphatic heterocycles. The summed E-state index contributed by atoms with van der Waals surface area (Å²) < 4.78 is 24.5. The number of ether oxygens (including phenoxy) is 2. The molecular weight excluding hydrogens is 391 g/mol. The lowest BCUT2D eigenvalue weighted by Gasteiger charge is -2.35. The number of rotatable bonds is 11. The van der Waals surface area contributed by atoms with Crippen LogP contribution in [0.3, 0.4) is 0 Å². The standard InChI is InChI=1S/C21H30N2O5P/c1-5-15(2)21-14-25-18(19(21)28-29(4)26-12-11-22-3)17(27-21)13-23-20(24)16-9-7-6-8-10-16/h5-10,15,17-19H,1,11-14H2,2-4H3,(H,23,24)/q-1. The summed E-state index contributed by atoms with van der Waals surface area (Å²) in [5, 5.41) is 6.99. The number of amides is 1. The van der Waals surface area contributed by atoms with Gasteiger partial charge in [0.2, 0.25) is 0 Å². The molecule has 1 aromatic carbocycles. The Morgan fingerprint density at radius 1 is 1.48 bits per heavy atom. The van der Waals surface area contributed by atoms with Gasteiger partial charge in [0.05, 0.1) is 6.61 Å². The lowest BCUT2D eigenvalue weighted by atomic mass is 9.86. The van der Waals surface area contributed by atoms with E-state index in [-0.39, 0.29) is 30.1 Å². The van der Waals surface area contributed by atoms with E-state index in [2.05, 4.69) is 24.1 Å². The van der Waals surface area contributed by atoms with Crippen molar-refractivity contribution in [3.63, 3.8) is 0 Å². The van der Waals surface area contributed by atoms with E-state index >= 15 is 0 Å². The molecule has 1 aromatic rings. The fourth-order valence-corrected chi connectivity index (χ4v) is 4.78. The minimum Gasteiger partial charge on any atom is -0.663 e. The molecule has 29 heavy (non-hydrogen) atoms. The lowest BCUT2D eigenvalue weighted by molar-refractivity contribution is -0.156. The first kappa shape index (κ1) is 22.3. The summed E-state index contributed by atoms with van der Waals surface area (Å²) in [6.07, 6.45) is 1.03. The zero-order valence-corrected chi connectivity index (χ0v) is 18.1. The second kappa shape index (κ2) is 10.1. The van der Waals surface area contributed by atoms with Gasteiger partial charge < -0.3 is 29.2 Å². The molecule has 8 heteroatoms. The predicted octanol–water partition coefficient (Wildman–Crippen LogP) is 3.12. The average molecular weight is 421 g/mol. The highest BCUT2D eigenvalue weighted by Gasteiger charge is 2.64. The Labute approximate surface area is 174 Å². The van der Waals surface area contributed by atoms with Crippen LogP contribution in [0.5, 0.6) is 0 Å². The van der Waals surface area contributed by atoms with Gasteiger partial charge in [-0.2, -0.15) is 7.05 Å². The minimum absolute atomic E-state index is 0.0290. The number of fused-ring (bicyclic) bond motifs is 2. The molecule has 0 saturated carbocycles. The fourth-order valence-electron chi connectivity index (χ4n) is 3.77. The Hall–Kier alpha value is -1.34. The normalized spacial score (nSPS) is 30.1. The molecule has 0 spiro atoms. The zero-order chi connectivity index (χ0) is 20.9. The highest BCUT2D eigenvalue weighted by atomic mass is 31.2. The van der Waals surface area contributed by atoms with Crippen molar-refractivity contribution in [3.05, 3.63) is 53.9 Å². The first-order valence-electron chi connectivity index (χ1n) is 9.86. The van der Waals surface area contributed by atoms with E-state index in [0.717, 1.165) is 0 Å². The van der Waals surface area contributed by atoms with Gasteiger partial charge in [-0.1, -0.05) is 31.2 Å². The van der Waals surface area contributed by atoms with E-state index < -0.39 is 14.0 Å². The largest absolute Gasteiger partial charge is 0.663 e. The fraction of sp³-hybridized carbons (Fsp3) is 0.571. The third kappa shape index (κ3) is 4.88. The molecule has 6 unspecified atom stereocenters. The van der Waals surface area contributed by atoms with E-state index in [4.69, 9.17) is 18.5 Å². The molecule has 0 aliphatic carbocycles. The summed E-state index contributed by atoms with van der Waals surface area (Å²) >= 11 is 0. The number of carbonyl (C=O) groups is 1. The van der Waals surface area contributed by atoms with Crippen molar-refractivity contribution < 1.29 is 23.3 Å². The molecule has 6 atom stereocenters. The molecule has 2 bridgehead atoms. The first-order valence-corrected chi connectivity index (χ1v) is 11.5. The number of hydrogen-bond donors (Lipinski definition) is 1. The molecular formula is C21H30N2O5P-. The van der Waals surface area contributed by atoms with E-state index in [1.165, 1.54) is 0 Å². The van der Waals surface area contributed by atoms with Crippen LogP contribution in [-0.4, -0.2) is 69.8 Å². The van der Waals surface area contributed by atoms with Crippen molar-refractivity contribution in [2.45, 2.75) is 30.8 Å². The van der Waals surface area contributed by atoms with E-state index in [1.807, 2.05) is 30.9 Å². The predicted molar refractivity (Wildman–Crippen MR) is 113 cm³/mol.